The molecule has 0 aliphatic carbocycles. The van der Waals surface area contributed by atoms with Crippen molar-refractivity contribution < 1.29 is 9.13 Å². The second-order valence-electron chi connectivity index (χ2n) is 3.82. The van der Waals surface area contributed by atoms with E-state index in [1.54, 1.807) is 6.20 Å². The lowest BCUT2D eigenvalue weighted by atomic mass is 10.2. The van der Waals surface area contributed by atoms with E-state index in [2.05, 4.69) is 10.3 Å². The molecule has 0 bridgehead atoms. The van der Waals surface area contributed by atoms with E-state index < -0.39 is 0 Å². The number of pyridine rings is 1. The maximum atomic E-state index is 12.9. The smallest absolute Gasteiger partial charge is 0.141 e. The number of hydrogen-bond acceptors (Lipinski definition) is 3. The number of ether oxygens (including phenoxy) is 1. The van der Waals surface area contributed by atoms with Crippen LogP contribution in [-0.2, 0) is 6.54 Å². The highest BCUT2D eigenvalue weighted by Crippen LogP contribution is 2.16. The molecule has 1 aromatic carbocycles. The standard InChI is InChI=1S/C14H15FN2O/c1-2-18-14-5-3-13(4-6-14)17-9-11-7-12(15)10-16-8-11/h3-8,10,17H,2,9H2,1H3. The van der Waals surface area contributed by atoms with Crippen molar-refractivity contribution in [3.8, 4) is 5.75 Å². The third kappa shape index (κ3) is 3.45. The lowest BCUT2D eigenvalue weighted by molar-refractivity contribution is 0.340. The van der Waals surface area contributed by atoms with Crippen LogP contribution in [0.15, 0.2) is 42.7 Å². The van der Waals surface area contributed by atoms with E-state index in [1.807, 2.05) is 31.2 Å². The Morgan fingerprint density at radius 2 is 2.00 bits per heavy atom. The largest absolute Gasteiger partial charge is 0.494 e. The summed E-state index contributed by atoms with van der Waals surface area (Å²) in [5.41, 5.74) is 1.77. The summed E-state index contributed by atoms with van der Waals surface area (Å²) < 4.78 is 18.3. The highest BCUT2D eigenvalue weighted by Gasteiger charge is 1.97. The van der Waals surface area contributed by atoms with Gasteiger partial charge in [0, 0.05) is 18.4 Å². The fourth-order valence-corrected chi connectivity index (χ4v) is 1.59. The molecule has 0 saturated carbocycles. The summed E-state index contributed by atoms with van der Waals surface area (Å²) in [5.74, 6) is 0.525. The number of rotatable bonds is 5. The third-order valence-electron chi connectivity index (χ3n) is 2.42. The fraction of sp³-hybridized carbons (Fsp3) is 0.214. The van der Waals surface area contributed by atoms with Crippen LogP contribution < -0.4 is 10.1 Å². The highest BCUT2D eigenvalue weighted by atomic mass is 19.1. The summed E-state index contributed by atoms with van der Waals surface area (Å²) in [6.45, 7) is 3.14. The lowest BCUT2D eigenvalue weighted by Gasteiger charge is -2.08. The number of anilines is 1. The van der Waals surface area contributed by atoms with E-state index in [9.17, 15) is 4.39 Å². The normalized spacial score (nSPS) is 10.1. The van der Waals surface area contributed by atoms with Crippen LogP contribution in [0.3, 0.4) is 0 Å². The van der Waals surface area contributed by atoms with Gasteiger partial charge in [0.05, 0.1) is 12.8 Å². The molecule has 4 heteroatoms. The Kier molecular flexibility index (Phi) is 4.12. The molecule has 0 aliphatic rings. The Labute approximate surface area is 106 Å². The molecule has 0 atom stereocenters. The van der Waals surface area contributed by atoms with Crippen molar-refractivity contribution in [2.75, 3.05) is 11.9 Å². The minimum atomic E-state index is -0.319. The third-order valence-corrected chi connectivity index (χ3v) is 2.42. The number of nitrogens with zero attached hydrogens (tertiary/aromatic N) is 1. The molecule has 1 N–H and O–H groups in total. The molecule has 0 unspecified atom stereocenters. The van der Waals surface area contributed by atoms with Crippen molar-refractivity contribution >= 4 is 5.69 Å². The maximum Gasteiger partial charge on any atom is 0.141 e. The first-order valence-electron chi connectivity index (χ1n) is 5.84. The van der Waals surface area contributed by atoms with Crippen LogP contribution in [0.25, 0.3) is 0 Å². The zero-order valence-corrected chi connectivity index (χ0v) is 10.2. The van der Waals surface area contributed by atoms with Crippen LogP contribution in [-0.4, -0.2) is 11.6 Å². The van der Waals surface area contributed by atoms with Gasteiger partial charge in [0.2, 0.25) is 0 Å². The Bertz CT molecular complexity index is 499. The molecule has 18 heavy (non-hydrogen) atoms. The van der Waals surface area contributed by atoms with Crippen molar-refractivity contribution in [2.45, 2.75) is 13.5 Å². The van der Waals surface area contributed by atoms with Gasteiger partial charge in [0.25, 0.3) is 0 Å². The summed E-state index contributed by atoms with van der Waals surface area (Å²) >= 11 is 0. The number of aromatic nitrogens is 1. The molecule has 0 spiro atoms. The fourth-order valence-electron chi connectivity index (χ4n) is 1.59. The van der Waals surface area contributed by atoms with Crippen molar-refractivity contribution in [1.29, 1.82) is 0 Å². The first-order valence-corrected chi connectivity index (χ1v) is 5.84. The van der Waals surface area contributed by atoms with Crippen molar-refractivity contribution in [1.82, 2.24) is 4.98 Å². The van der Waals surface area contributed by atoms with Gasteiger partial charge in [-0.25, -0.2) is 4.39 Å². The first kappa shape index (κ1) is 12.4. The molecule has 0 amide bonds. The topological polar surface area (TPSA) is 34.1 Å². The van der Waals surface area contributed by atoms with Gasteiger partial charge in [-0.3, -0.25) is 4.98 Å². The van der Waals surface area contributed by atoms with Crippen molar-refractivity contribution in [3.05, 3.63) is 54.1 Å². The molecule has 2 rings (SSSR count). The molecule has 0 radical (unpaired) electrons. The van der Waals surface area contributed by atoms with Gasteiger partial charge in [-0.2, -0.15) is 0 Å². The molecule has 0 saturated heterocycles. The van der Waals surface area contributed by atoms with Crippen LogP contribution in [0.2, 0.25) is 0 Å². The molecular weight excluding hydrogens is 231 g/mol. The van der Waals surface area contributed by atoms with Gasteiger partial charge in [-0.15, -0.1) is 0 Å². The van der Waals surface area contributed by atoms with Gasteiger partial charge in [0.1, 0.15) is 11.6 Å². The average molecular weight is 246 g/mol. The van der Waals surface area contributed by atoms with Crippen LogP contribution in [0.1, 0.15) is 12.5 Å². The van der Waals surface area contributed by atoms with E-state index in [-0.39, 0.29) is 5.82 Å². The molecule has 0 fully saturated rings. The van der Waals surface area contributed by atoms with Crippen LogP contribution >= 0.6 is 0 Å². The molecule has 1 aromatic heterocycles. The van der Waals surface area contributed by atoms with Gasteiger partial charge in [-0.05, 0) is 42.8 Å². The van der Waals surface area contributed by atoms with Crippen LogP contribution in [0.4, 0.5) is 10.1 Å². The average Bonchev–Trinajstić information content (AvgIpc) is 2.38. The Morgan fingerprint density at radius 3 is 2.67 bits per heavy atom. The van der Waals surface area contributed by atoms with Crippen LogP contribution in [0.5, 0.6) is 5.75 Å². The summed E-state index contributed by atoms with van der Waals surface area (Å²) in [6, 6.07) is 9.12. The summed E-state index contributed by atoms with van der Waals surface area (Å²) in [4.78, 5) is 3.80. The lowest BCUT2D eigenvalue weighted by Crippen LogP contribution is -2.00. The predicted octanol–water partition coefficient (Wildman–Crippen LogP) is 3.23. The Balaban J connectivity index is 1.93. The van der Waals surface area contributed by atoms with Gasteiger partial charge in [-0.1, -0.05) is 0 Å². The maximum absolute atomic E-state index is 12.9. The van der Waals surface area contributed by atoms with Gasteiger partial charge >= 0.3 is 0 Å². The number of halogens is 1. The van der Waals surface area contributed by atoms with Crippen LogP contribution in [0, 0.1) is 5.82 Å². The zero-order chi connectivity index (χ0) is 12.8. The second kappa shape index (κ2) is 6.00. The first-order chi connectivity index (χ1) is 8.78. The number of nitrogens with one attached hydrogen (secondary N) is 1. The summed E-state index contributed by atoms with van der Waals surface area (Å²) in [7, 11) is 0. The highest BCUT2D eigenvalue weighted by molar-refractivity contribution is 5.46. The van der Waals surface area contributed by atoms with E-state index in [1.165, 1.54) is 12.3 Å². The molecular formula is C14H15FN2O. The number of hydrogen-bond donors (Lipinski definition) is 1. The summed E-state index contributed by atoms with van der Waals surface area (Å²) in [5, 5.41) is 3.20. The molecule has 94 valence electrons. The van der Waals surface area contributed by atoms with E-state index in [0.29, 0.717) is 13.2 Å². The molecule has 2 aromatic rings. The van der Waals surface area contributed by atoms with Crippen molar-refractivity contribution in [2.24, 2.45) is 0 Å². The second-order valence-corrected chi connectivity index (χ2v) is 3.82. The van der Waals surface area contributed by atoms with E-state index in [4.69, 9.17) is 4.74 Å². The van der Waals surface area contributed by atoms with E-state index >= 15 is 0 Å². The molecule has 0 aliphatic heterocycles. The molecule has 3 nitrogen and oxygen atoms in total. The summed E-state index contributed by atoms with van der Waals surface area (Å²) in [6.07, 6.45) is 2.84. The SMILES string of the molecule is CCOc1ccc(NCc2cncc(F)c2)cc1. The minimum absolute atomic E-state index is 0.319. The zero-order valence-electron chi connectivity index (χ0n) is 10.2. The van der Waals surface area contributed by atoms with Gasteiger partial charge < -0.3 is 10.1 Å². The Morgan fingerprint density at radius 1 is 1.22 bits per heavy atom. The quantitative estimate of drug-likeness (QED) is 0.879. The van der Waals surface area contributed by atoms with Gasteiger partial charge in [0.15, 0.2) is 0 Å². The Hall–Kier alpha value is -2.10. The minimum Gasteiger partial charge on any atom is -0.494 e. The van der Waals surface area contributed by atoms with Crippen molar-refractivity contribution in [3.63, 3.8) is 0 Å². The monoisotopic (exact) mass is 246 g/mol. The predicted molar refractivity (Wildman–Crippen MR) is 69.1 cm³/mol. The number of benzene rings is 1. The van der Waals surface area contributed by atoms with E-state index in [0.717, 1.165) is 17.0 Å². The molecule has 1 heterocycles.